The Morgan fingerprint density at radius 2 is 0.808 bits per heavy atom. The topological polar surface area (TPSA) is 34.1 Å². The van der Waals surface area contributed by atoms with Gasteiger partial charge in [0.2, 0.25) is 0 Å². The summed E-state index contributed by atoms with van der Waals surface area (Å²) in [4.78, 5) is 22.9. The molecule has 0 amide bonds. The van der Waals surface area contributed by atoms with Crippen molar-refractivity contribution < 1.29 is 9.59 Å². The molecule has 3 fully saturated rings. The lowest BCUT2D eigenvalue weighted by atomic mass is 9.70. The molecule has 0 heterocycles. The molecule has 3 saturated carbocycles. The van der Waals surface area contributed by atoms with Gasteiger partial charge in [0.1, 0.15) is 11.6 Å². The zero-order valence-electron chi connectivity index (χ0n) is 34.7. The molecule has 0 saturated heterocycles. The highest BCUT2D eigenvalue weighted by atomic mass is 16.1. The summed E-state index contributed by atoms with van der Waals surface area (Å²) in [6.45, 7) is 22.8. The Labute approximate surface area is 318 Å². The maximum atomic E-state index is 11.5. The first kappa shape index (κ1) is 40.2. The van der Waals surface area contributed by atoms with Gasteiger partial charge in [-0.05, 0) is 235 Å². The lowest BCUT2D eigenvalue weighted by Gasteiger charge is -2.35. The zero-order valence-corrected chi connectivity index (χ0v) is 34.7. The van der Waals surface area contributed by atoms with Crippen molar-refractivity contribution in [2.75, 3.05) is 0 Å². The van der Waals surface area contributed by atoms with Crippen molar-refractivity contribution in [2.45, 2.75) is 178 Å². The highest BCUT2D eigenvalue weighted by Crippen LogP contribution is 2.41. The van der Waals surface area contributed by atoms with Crippen molar-refractivity contribution in [3.8, 4) is 0 Å². The van der Waals surface area contributed by atoms with E-state index in [1.54, 1.807) is 5.56 Å². The molecular formula is C50H70O2. The lowest BCUT2D eigenvalue weighted by Crippen LogP contribution is -2.26. The van der Waals surface area contributed by atoms with Crippen molar-refractivity contribution in [2.24, 2.45) is 17.8 Å². The van der Waals surface area contributed by atoms with Crippen LogP contribution in [0.25, 0.3) is 0 Å². The van der Waals surface area contributed by atoms with E-state index >= 15 is 0 Å². The molecule has 0 atom stereocenters. The average molecular weight is 703 g/mol. The van der Waals surface area contributed by atoms with Gasteiger partial charge in [0.15, 0.2) is 0 Å². The third-order valence-corrected chi connectivity index (χ3v) is 14.9. The molecule has 0 radical (unpaired) electrons. The van der Waals surface area contributed by atoms with Gasteiger partial charge in [0, 0.05) is 25.7 Å². The SMILES string of the molecule is Cc1c(C)c(C)c(CCC2CCC(C3CCC(=O)CC3)CC2)c(C)c1C.Cc1c(C)c(C)c(CCc2ccc(C3CCC(=O)CC3)cc2)c(C)c1C. The van der Waals surface area contributed by atoms with Gasteiger partial charge in [-0.2, -0.15) is 0 Å². The van der Waals surface area contributed by atoms with Crippen molar-refractivity contribution in [1.29, 1.82) is 0 Å². The van der Waals surface area contributed by atoms with Crippen LogP contribution in [0.2, 0.25) is 0 Å². The van der Waals surface area contributed by atoms with Gasteiger partial charge in [-0.25, -0.2) is 0 Å². The molecule has 3 aliphatic rings. The van der Waals surface area contributed by atoms with Gasteiger partial charge in [0.05, 0.1) is 0 Å². The number of carbonyl (C=O) groups excluding carboxylic acids is 2. The van der Waals surface area contributed by atoms with Gasteiger partial charge in [-0.15, -0.1) is 0 Å². The van der Waals surface area contributed by atoms with Crippen LogP contribution in [0.15, 0.2) is 24.3 Å². The quantitative estimate of drug-likeness (QED) is 0.234. The predicted molar refractivity (Wildman–Crippen MR) is 221 cm³/mol. The third-order valence-electron chi connectivity index (χ3n) is 14.9. The second-order valence-corrected chi connectivity index (χ2v) is 17.5. The smallest absolute Gasteiger partial charge is 0.132 e. The molecule has 3 aliphatic carbocycles. The highest BCUT2D eigenvalue weighted by molar-refractivity contribution is 5.79. The molecule has 2 nitrogen and oxygen atoms in total. The van der Waals surface area contributed by atoms with Crippen LogP contribution in [0, 0.1) is 87.0 Å². The summed E-state index contributed by atoms with van der Waals surface area (Å²) in [5.41, 5.74) is 20.8. The van der Waals surface area contributed by atoms with Crippen LogP contribution in [0.1, 0.15) is 167 Å². The van der Waals surface area contributed by atoms with Gasteiger partial charge < -0.3 is 0 Å². The molecular weight excluding hydrogens is 633 g/mol. The predicted octanol–water partition coefficient (Wildman–Crippen LogP) is 13.0. The molecule has 0 aliphatic heterocycles. The molecule has 0 spiro atoms. The number of hydrogen-bond acceptors (Lipinski definition) is 2. The van der Waals surface area contributed by atoms with Gasteiger partial charge in [0.25, 0.3) is 0 Å². The van der Waals surface area contributed by atoms with Crippen molar-refractivity contribution in [3.63, 3.8) is 0 Å². The van der Waals surface area contributed by atoms with Crippen molar-refractivity contribution in [3.05, 3.63) is 102 Å². The van der Waals surface area contributed by atoms with E-state index in [9.17, 15) is 9.59 Å². The number of Topliss-reactive ketones (excluding diaryl/α,β-unsaturated/α-hetero) is 2. The van der Waals surface area contributed by atoms with E-state index in [1.807, 2.05) is 0 Å². The second-order valence-electron chi connectivity index (χ2n) is 17.5. The standard InChI is InChI=1S/C25H38O.C25H32O/c2*1-16-17(2)19(4)25(20(5)18(16)3)15-8-21-6-9-22(10-7-21)23-11-13-24(26)14-12-23/h21-23H,6-15H2,1-5H3;6-7,9-10,23H,8,11-15H2,1-5H3. The molecule has 6 rings (SSSR count). The summed E-state index contributed by atoms with van der Waals surface area (Å²) >= 11 is 0. The first-order valence-corrected chi connectivity index (χ1v) is 21.0. The monoisotopic (exact) mass is 703 g/mol. The Morgan fingerprint density at radius 1 is 0.423 bits per heavy atom. The summed E-state index contributed by atoms with van der Waals surface area (Å²) < 4.78 is 0. The van der Waals surface area contributed by atoms with Crippen LogP contribution >= 0.6 is 0 Å². The van der Waals surface area contributed by atoms with Crippen LogP contribution in [0.4, 0.5) is 0 Å². The van der Waals surface area contributed by atoms with Gasteiger partial charge in [-0.3, -0.25) is 9.59 Å². The zero-order chi connectivity index (χ0) is 37.7. The highest BCUT2D eigenvalue weighted by Gasteiger charge is 2.30. The molecule has 0 N–H and O–H groups in total. The average Bonchev–Trinajstić information content (AvgIpc) is 3.16. The lowest BCUT2D eigenvalue weighted by molar-refractivity contribution is -0.121. The van der Waals surface area contributed by atoms with Crippen LogP contribution in [0.5, 0.6) is 0 Å². The van der Waals surface area contributed by atoms with Crippen LogP contribution in [-0.4, -0.2) is 11.6 Å². The first-order valence-electron chi connectivity index (χ1n) is 21.0. The summed E-state index contributed by atoms with van der Waals surface area (Å²) in [7, 11) is 0. The number of rotatable bonds is 8. The van der Waals surface area contributed by atoms with Crippen LogP contribution < -0.4 is 0 Å². The minimum Gasteiger partial charge on any atom is -0.300 e. The van der Waals surface area contributed by atoms with Gasteiger partial charge in [-0.1, -0.05) is 37.1 Å². The summed E-state index contributed by atoms with van der Waals surface area (Å²) in [5, 5.41) is 0. The summed E-state index contributed by atoms with van der Waals surface area (Å²) in [6.07, 6.45) is 18.1. The van der Waals surface area contributed by atoms with E-state index in [-0.39, 0.29) is 0 Å². The maximum Gasteiger partial charge on any atom is 0.132 e. The van der Waals surface area contributed by atoms with Crippen LogP contribution in [-0.2, 0) is 28.9 Å². The van der Waals surface area contributed by atoms with E-state index < -0.39 is 0 Å². The summed E-state index contributed by atoms with van der Waals surface area (Å²) in [6, 6.07) is 9.18. The van der Waals surface area contributed by atoms with E-state index in [0.29, 0.717) is 17.5 Å². The summed E-state index contributed by atoms with van der Waals surface area (Å²) in [5.74, 6) is 4.19. The second kappa shape index (κ2) is 17.9. The van der Waals surface area contributed by atoms with Crippen molar-refractivity contribution >= 4 is 11.6 Å². The Hall–Kier alpha value is -3.00. The molecule has 0 aromatic heterocycles. The van der Waals surface area contributed by atoms with Gasteiger partial charge >= 0.3 is 0 Å². The third kappa shape index (κ3) is 9.37. The maximum absolute atomic E-state index is 11.5. The Kier molecular flexibility index (Phi) is 13.8. The van der Waals surface area contributed by atoms with E-state index in [4.69, 9.17) is 0 Å². The largest absolute Gasteiger partial charge is 0.300 e. The fourth-order valence-corrected chi connectivity index (χ4v) is 10.1. The number of benzene rings is 3. The number of hydrogen-bond donors (Lipinski definition) is 0. The first-order chi connectivity index (χ1) is 24.8. The molecule has 0 bridgehead atoms. The molecule has 3 aromatic rings. The number of ketones is 2. The molecule has 2 heteroatoms. The molecule has 0 unspecified atom stereocenters. The van der Waals surface area contributed by atoms with E-state index in [1.165, 1.54) is 124 Å². The minimum atomic E-state index is 0.437. The fraction of sp³-hybridized carbons (Fsp3) is 0.600. The van der Waals surface area contributed by atoms with E-state index in [2.05, 4.69) is 93.5 Å². The Morgan fingerprint density at radius 3 is 1.27 bits per heavy atom. The number of carbonyl (C=O) groups is 2. The van der Waals surface area contributed by atoms with Crippen molar-refractivity contribution in [1.82, 2.24) is 0 Å². The van der Waals surface area contributed by atoms with E-state index in [0.717, 1.165) is 69.1 Å². The minimum absolute atomic E-state index is 0.437. The Balaban J connectivity index is 0.000000201. The van der Waals surface area contributed by atoms with Crippen LogP contribution in [0.3, 0.4) is 0 Å². The molecule has 52 heavy (non-hydrogen) atoms. The molecule has 282 valence electrons. The fourth-order valence-electron chi connectivity index (χ4n) is 10.1. The molecule has 3 aromatic carbocycles. The number of aryl methyl sites for hydroxylation is 1. The Bertz CT molecular complexity index is 1650. The normalized spacial score (nSPS) is 20.2.